The Hall–Kier alpha value is -1.87. The van der Waals surface area contributed by atoms with Crippen molar-refractivity contribution >= 4 is 23.2 Å². The third-order valence-electron chi connectivity index (χ3n) is 3.36. The molecule has 0 saturated carbocycles. The number of likely N-dealkylation sites (tertiary alicyclic amines) is 1. The van der Waals surface area contributed by atoms with Crippen LogP contribution >= 0.6 is 11.3 Å². The first kappa shape index (κ1) is 14.5. The minimum atomic E-state index is -0.226. The molecule has 1 aromatic heterocycles. The van der Waals surface area contributed by atoms with Crippen molar-refractivity contribution in [2.75, 3.05) is 13.1 Å². The fourth-order valence-corrected chi connectivity index (χ4v) is 2.99. The molecule has 0 unspecified atom stereocenters. The van der Waals surface area contributed by atoms with E-state index in [1.807, 2.05) is 28.5 Å². The Bertz CT molecular complexity index is 499. The van der Waals surface area contributed by atoms with Gasteiger partial charge in [-0.15, -0.1) is 11.3 Å². The van der Waals surface area contributed by atoms with Crippen LogP contribution in [0.4, 0.5) is 0 Å². The first-order valence-corrected chi connectivity index (χ1v) is 7.53. The zero-order valence-corrected chi connectivity index (χ0v) is 12.0. The minimum Gasteiger partial charge on any atom is -0.352 e. The van der Waals surface area contributed by atoms with Gasteiger partial charge in [-0.05, 0) is 24.3 Å². The minimum absolute atomic E-state index is 0.0848. The Morgan fingerprint density at radius 3 is 2.80 bits per heavy atom. The predicted octanol–water partition coefficient (Wildman–Crippen LogP) is 1.31. The quantitative estimate of drug-likeness (QED) is 0.909. The van der Waals surface area contributed by atoms with Gasteiger partial charge in [0.1, 0.15) is 6.42 Å². The fraction of sp³-hybridized carbons (Fsp3) is 0.500. The van der Waals surface area contributed by atoms with Crippen LogP contribution in [0.5, 0.6) is 0 Å². The number of hydrogen-bond acceptors (Lipinski definition) is 4. The van der Waals surface area contributed by atoms with Crippen molar-refractivity contribution in [1.29, 1.82) is 5.26 Å². The van der Waals surface area contributed by atoms with Gasteiger partial charge in [0, 0.05) is 24.0 Å². The van der Waals surface area contributed by atoms with Crippen LogP contribution in [0.25, 0.3) is 0 Å². The third-order valence-corrected chi connectivity index (χ3v) is 4.23. The molecule has 1 aliphatic heterocycles. The summed E-state index contributed by atoms with van der Waals surface area (Å²) in [6.07, 6.45) is 1.88. The summed E-state index contributed by atoms with van der Waals surface area (Å²) >= 11 is 1.59. The van der Waals surface area contributed by atoms with Gasteiger partial charge in [-0.3, -0.25) is 9.59 Å². The number of hydrogen-bond donors (Lipinski definition) is 1. The van der Waals surface area contributed by atoms with E-state index in [4.69, 9.17) is 5.26 Å². The largest absolute Gasteiger partial charge is 0.352 e. The number of carbonyl (C=O) groups is 2. The van der Waals surface area contributed by atoms with E-state index in [2.05, 4.69) is 5.32 Å². The summed E-state index contributed by atoms with van der Waals surface area (Å²) in [6, 6.07) is 5.84. The Balaban J connectivity index is 1.75. The number of amides is 2. The molecule has 0 aromatic carbocycles. The molecule has 0 bridgehead atoms. The van der Waals surface area contributed by atoms with Gasteiger partial charge in [0.25, 0.3) is 0 Å². The highest BCUT2D eigenvalue weighted by Crippen LogP contribution is 2.15. The highest BCUT2D eigenvalue weighted by atomic mass is 32.1. The number of nitriles is 1. The summed E-state index contributed by atoms with van der Waals surface area (Å²) < 4.78 is 0. The number of nitrogens with one attached hydrogen (secondary N) is 1. The number of carbonyl (C=O) groups excluding carboxylic acids is 2. The van der Waals surface area contributed by atoms with Crippen molar-refractivity contribution in [3.05, 3.63) is 22.4 Å². The number of thiophene rings is 1. The van der Waals surface area contributed by atoms with Gasteiger partial charge in [0.2, 0.25) is 11.8 Å². The molecule has 0 spiro atoms. The summed E-state index contributed by atoms with van der Waals surface area (Å²) in [7, 11) is 0. The molecule has 2 amide bonds. The molecule has 1 fully saturated rings. The van der Waals surface area contributed by atoms with Crippen LogP contribution in [-0.2, 0) is 16.0 Å². The van der Waals surface area contributed by atoms with E-state index in [1.165, 1.54) is 0 Å². The van der Waals surface area contributed by atoms with Crippen LogP contribution in [0.3, 0.4) is 0 Å². The van der Waals surface area contributed by atoms with Gasteiger partial charge in [0.05, 0.1) is 12.5 Å². The molecule has 1 N–H and O–H groups in total. The van der Waals surface area contributed by atoms with Gasteiger partial charge in [-0.2, -0.15) is 5.26 Å². The fourth-order valence-electron chi connectivity index (χ4n) is 2.30. The maximum absolute atomic E-state index is 12.1. The standard InChI is InChI=1S/C14H17N3O2S/c15-6-3-13(18)16-11-4-7-17(8-5-11)14(19)10-12-2-1-9-20-12/h1-2,9,11H,3-5,7-8,10H2,(H,16,18). The number of nitrogens with zero attached hydrogens (tertiary/aromatic N) is 2. The topological polar surface area (TPSA) is 73.2 Å². The lowest BCUT2D eigenvalue weighted by Gasteiger charge is -2.32. The summed E-state index contributed by atoms with van der Waals surface area (Å²) in [5.74, 6) is -0.0786. The summed E-state index contributed by atoms with van der Waals surface area (Å²) in [5.41, 5.74) is 0. The average molecular weight is 291 g/mol. The first-order chi connectivity index (χ1) is 9.69. The molecule has 2 heterocycles. The molecule has 0 atom stereocenters. The summed E-state index contributed by atoms with van der Waals surface area (Å²) in [4.78, 5) is 26.4. The second-order valence-corrected chi connectivity index (χ2v) is 5.85. The number of piperidine rings is 1. The number of rotatable bonds is 4. The van der Waals surface area contributed by atoms with E-state index in [0.717, 1.165) is 17.7 Å². The van der Waals surface area contributed by atoms with Crippen molar-refractivity contribution in [3.8, 4) is 6.07 Å². The molecule has 2 rings (SSSR count). The first-order valence-electron chi connectivity index (χ1n) is 6.65. The maximum Gasteiger partial charge on any atom is 0.234 e. The van der Waals surface area contributed by atoms with Crippen LogP contribution in [0.1, 0.15) is 24.1 Å². The smallest absolute Gasteiger partial charge is 0.234 e. The summed E-state index contributed by atoms with van der Waals surface area (Å²) in [6.45, 7) is 1.34. The van der Waals surface area contributed by atoms with Crippen LogP contribution in [0, 0.1) is 11.3 Å². The van der Waals surface area contributed by atoms with Gasteiger partial charge in [-0.25, -0.2) is 0 Å². The Labute approximate surface area is 122 Å². The second-order valence-electron chi connectivity index (χ2n) is 4.81. The molecule has 6 heteroatoms. The SMILES string of the molecule is N#CCC(=O)NC1CCN(C(=O)Cc2cccs2)CC1. The summed E-state index contributed by atoms with van der Waals surface area (Å²) in [5, 5.41) is 13.2. The zero-order chi connectivity index (χ0) is 14.4. The molecule has 1 aromatic rings. The second kappa shape index (κ2) is 7.06. The van der Waals surface area contributed by atoms with E-state index in [-0.39, 0.29) is 24.3 Å². The van der Waals surface area contributed by atoms with E-state index < -0.39 is 0 Å². The lowest BCUT2D eigenvalue weighted by atomic mass is 10.0. The molecular formula is C14H17N3O2S. The van der Waals surface area contributed by atoms with Crippen molar-refractivity contribution in [3.63, 3.8) is 0 Å². The highest BCUT2D eigenvalue weighted by Gasteiger charge is 2.23. The molecule has 1 aliphatic rings. The third kappa shape index (κ3) is 4.07. The van der Waals surface area contributed by atoms with E-state index in [1.54, 1.807) is 11.3 Å². The van der Waals surface area contributed by atoms with E-state index in [0.29, 0.717) is 19.5 Å². The van der Waals surface area contributed by atoms with Crippen LogP contribution in [0.15, 0.2) is 17.5 Å². The van der Waals surface area contributed by atoms with Gasteiger partial charge in [-0.1, -0.05) is 6.07 Å². The monoisotopic (exact) mass is 291 g/mol. The molecule has 20 heavy (non-hydrogen) atoms. The van der Waals surface area contributed by atoms with Crippen LogP contribution in [-0.4, -0.2) is 35.8 Å². The molecule has 0 radical (unpaired) electrons. The molecule has 0 aliphatic carbocycles. The van der Waals surface area contributed by atoms with E-state index >= 15 is 0 Å². The van der Waals surface area contributed by atoms with Crippen LogP contribution < -0.4 is 5.32 Å². The Kier molecular flexibility index (Phi) is 5.13. The van der Waals surface area contributed by atoms with E-state index in [9.17, 15) is 9.59 Å². The normalized spacial score (nSPS) is 15.7. The highest BCUT2D eigenvalue weighted by molar-refractivity contribution is 7.10. The predicted molar refractivity (Wildman–Crippen MR) is 76.0 cm³/mol. The Morgan fingerprint density at radius 2 is 2.20 bits per heavy atom. The van der Waals surface area contributed by atoms with Gasteiger partial charge >= 0.3 is 0 Å². The lowest BCUT2D eigenvalue weighted by Crippen LogP contribution is -2.46. The van der Waals surface area contributed by atoms with Gasteiger partial charge in [0.15, 0.2) is 0 Å². The zero-order valence-electron chi connectivity index (χ0n) is 11.2. The molecule has 106 valence electrons. The molecule has 5 nitrogen and oxygen atoms in total. The van der Waals surface area contributed by atoms with Crippen molar-refractivity contribution < 1.29 is 9.59 Å². The molecular weight excluding hydrogens is 274 g/mol. The van der Waals surface area contributed by atoms with Crippen molar-refractivity contribution in [2.45, 2.75) is 31.7 Å². The maximum atomic E-state index is 12.1. The van der Waals surface area contributed by atoms with Crippen LogP contribution in [0.2, 0.25) is 0 Å². The average Bonchev–Trinajstić information content (AvgIpc) is 2.92. The molecule has 1 saturated heterocycles. The van der Waals surface area contributed by atoms with Crippen molar-refractivity contribution in [2.24, 2.45) is 0 Å². The Morgan fingerprint density at radius 1 is 1.45 bits per heavy atom. The van der Waals surface area contributed by atoms with Gasteiger partial charge < -0.3 is 10.2 Å². The lowest BCUT2D eigenvalue weighted by molar-refractivity contribution is -0.131. The van der Waals surface area contributed by atoms with Crippen molar-refractivity contribution in [1.82, 2.24) is 10.2 Å².